The van der Waals surface area contributed by atoms with Gasteiger partial charge in [0.15, 0.2) is 10.3 Å². The Morgan fingerprint density at radius 3 is 2.44 bits per heavy atom. The summed E-state index contributed by atoms with van der Waals surface area (Å²) in [5.41, 5.74) is 6.24. The van der Waals surface area contributed by atoms with Crippen molar-refractivity contribution in [3.63, 3.8) is 0 Å². The summed E-state index contributed by atoms with van der Waals surface area (Å²) in [6, 6.07) is 30.0. The highest BCUT2D eigenvalue weighted by Crippen LogP contribution is 2.49. The second kappa shape index (κ2) is 8.52. The summed E-state index contributed by atoms with van der Waals surface area (Å²) in [6.07, 6.45) is 0. The summed E-state index contributed by atoms with van der Waals surface area (Å²) in [4.78, 5) is 12.3. The van der Waals surface area contributed by atoms with E-state index in [1.54, 1.807) is 23.5 Å². The first-order chi connectivity index (χ1) is 15.9. The molecule has 6 rings (SSSR count). The van der Waals surface area contributed by atoms with Crippen molar-refractivity contribution in [1.29, 1.82) is 0 Å². The van der Waals surface area contributed by atoms with Crippen LogP contribution in [0.15, 0.2) is 106 Å². The fourth-order valence-electron chi connectivity index (χ4n) is 4.39. The molecule has 3 aromatic rings. The Labute approximate surface area is 196 Å². The molecule has 0 aliphatic carbocycles. The summed E-state index contributed by atoms with van der Waals surface area (Å²) < 4.78 is 0. The first-order valence-electron chi connectivity index (χ1n) is 10.7. The van der Waals surface area contributed by atoms with Gasteiger partial charge in [-0.05, 0) is 28.2 Å². The fraction of sp³-hybridized carbons (Fsp3) is 0.154. The Morgan fingerprint density at radius 1 is 0.906 bits per heavy atom. The van der Waals surface area contributed by atoms with Gasteiger partial charge in [0.2, 0.25) is 0 Å². The molecule has 3 aliphatic rings. The average Bonchev–Trinajstić information content (AvgIpc) is 3.43. The van der Waals surface area contributed by atoms with Crippen LogP contribution in [0.2, 0.25) is 0 Å². The van der Waals surface area contributed by atoms with E-state index in [0.717, 1.165) is 28.3 Å². The molecule has 0 amide bonds. The number of para-hydroxylation sites is 1. The number of amidine groups is 2. The van der Waals surface area contributed by atoms with E-state index >= 15 is 0 Å². The molecule has 0 radical (unpaired) electrons. The molecule has 3 aliphatic heterocycles. The standard InChI is InChI=1S/C26H22N4S2/c1-3-9-18(10-4-1)23-24(19-11-5-2-6-12-19)30-21(17-32-26(30)29-23)16-31-25-27-15-20-13-7-8-14-22(20)28-25/h1-14,17,23-24H,15-16H2,(H,27,28)/t23-,24-/m1/s1. The summed E-state index contributed by atoms with van der Waals surface area (Å²) in [7, 11) is 0. The summed E-state index contributed by atoms with van der Waals surface area (Å²) in [5.74, 6) is 0.852. The molecule has 0 saturated carbocycles. The second-order valence-corrected chi connectivity index (χ2v) is 9.71. The molecule has 0 fully saturated rings. The minimum absolute atomic E-state index is 0.0897. The van der Waals surface area contributed by atoms with Crippen LogP contribution < -0.4 is 5.32 Å². The Kier molecular flexibility index (Phi) is 5.25. The normalized spacial score (nSPS) is 21.2. The first kappa shape index (κ1) is 19.7. The number of nitrogens with zero attached hydrogens (tertiary/aromatic N) is 3. The van der Waals surface area contributed by atoms with Gasteiger partial charge >= 0.3 is 0 Å². The van der Waals surface area contributed by atoms with E-state index in [-0.39, 0.29) is 12.1 Å². The lowest BCUT2D eigenvalue weighted by molar-refractivity contribution is 0.379. The zero-order valence-electron chi connectivity index (χ0n) is 17.4. The summed E-state index contributed by atoms with van der Waals surface area (Å²) >= 11 is 3.50. The number of benzene rings is 3. The lowest BCUT2D eigenvalue weighted by atomic mass is 9.93. The molecule has 0 unspecified atom stereocenters. The van der Waals surface area contributed by atoms with Crippen molar-refractivity contribution in [1.82, 2.24) is 4.90 Å². The Bertz CT molecular complexity index is 1220. The van der Waals surface area contributed by atoms with Crippen LogP contribution in [-0.2, 0) is 6.54 Å². The maximum absolute atomic E-state index is 5.15. The summed E-state index contributed by atoms with van der Waals surface area (Å²) in [6.45, 7) is 0.735. The van der Waals surface area contributed by atoms with Crippen LogP contribution in [0.4, 0.5) is 5.69 Å². The molecule has 32 heavy (non-hydrogen) atoms. The third-order valence-electron chi connectivity index (χ3n) is 5.93. The van der Waals surface area contributed by atoms with Gasteiger partial charge in [-0.25, -0.2) is 0 Å². The maximum atomic E-state index is 5.15. The third-order valence-corrected chi connectivity index (χ3v) is 7.78. The van der Waals surface area contributed by atoms with Crippen LogP contribution in [0.1, 0.15) is 28.8 Å². The molecular formula is C26H22N4S2. The van der Waals surface area contributed by atoms with E-state index in [2.05, 4.69) is 101 Å². The smallest absolute Gasteiger partial charge is 0.169 e. The lowest BCUT2D eigenvalue weighted by Gasteiger charge is -2.30. The van der Waals surface area contributed by atoms with Crippen molar-refractivity contribution in [2.24, 2.45) is 9.98 Å². The van der Waals surface area contributed by atoms with Crippen LogP contribution in [0.5, 0.6) is 0 Å². The number of rotatable bonds is 4. The van der Waals surface area contributed by atoms with Crippen LogP contribution >= 0.6 is 23.5 Å². The molecule has 0 spiro atoms. The van der Waals surface area contributed by atoms with Gasteiger partial charge in [-0.3, -0.25) is 9.98 Å². The van der Waals surface area contributed by atoms with Crippen LogP contribution in [0, 0.1) is 0 Å². The van der Waals surface area contributed by atoms with E-state index in [4.69, 9.17) is 9.98 Å². The predicted octanol–water partition coefficient (Wildman–Crippen LogP) is 6.44. The number of hydrogen-bond acceptors (Lipinski definition) is 6. The van der Waals surface area contributed by atoms with E-state index in [1.165, 1.54) is 22.4 Å². The zero-order valence-corrected chi connectivity index (χ0v) is 19.0. The average molecular weight is 455 g/mol. The van der Waals surface area contributed by atoms with Crippen LogP contribution in [0.25, 0.3) is 0 Å². The highest BCUT2D eigenvalue weighted by atomic mass is 32.2. The molecule has 2 atom stereocenters. The molecule has 3 heterocycles. The highest BCUT2D eigenvalue weighted by molar-refractivity contribution is 8.17. The quantitative estimate of drug-likeness (QED) is 0.492. The van der Waals surface area contributed by atoms with E-state index in [1.807, 2.05) is 0 Å². The SMILES string of the molecule is C1=C(CSC2=NCc3ccccc3N2)N2C(=N[C@H](c3ccccc3)[C@H]2c2ccccc2)S1. The molecule has 158 valence electrons. The van der Waals surface area contributed by atoms with Crippen molar-refractivity contribution in [2.75, 3.05) is 11.1 Å². The van der Waals surface area contributed by atoms with Gasteiger partial charge in [0, 0.05) is 17.1 Å². The number of nitrogens with one attached hydrogen (secondary N) is 1. The molecule has 0 saturated heterocycles. The zero-order chi connectivity index (χ0) is 21.3. The highest BCUT2D eigenvalue weighted by Gasteiger charge is 2.42. The number of hydrogen-bond donors (Lipinski definition) is 1. The number of anilines is 1. The number of fused-ring (bicyclic) bond motifs is 2. The maximum Gasteiger partial charge on any atom is 0.169 e. The van der Waals surface area contributed by atoms with Crippen molar-refractivity contribution in [3.8, 4) is 0 Å². The van der Waals surface area contributed by atoms with Crippen molar-refractivity contribution >= 4 is 39.5 Å². The molecule has 0 bridgehead atoms. The minimum Gasteiger partial charge on any atom is -0.335 e. The number of thioether (sulfide) groups is 2. The molecule has 3 aromatic carbocycles. The number of aliphatic imine (C=N–C) groups is 2. The van der Waals surface area contributed by atoms with Gasteiger partial charge in [0.05, 0.1) is 12.6 Å². The van der Waals surface area contributed by atoms with Crippen LogP contribution in [-0.4, -0.2) is 21.0 Å². The summed E-state index contributed by atoms with van der Waals surface area (Å²) in [5, 5.41) is 7.81. The minimum atomic E-state index is 0.0897. The van der Waals surface area contributed by atoms with Gasteiger partial charge < -0.3 is 10.2 Å². The molecule has 1 N–H and O–H groups in total. The molecular weight excluding hydrogens is 432 g/mol. The third kappa shape index (κ3) is 3.63. The molecule has 4 nitrogen and oxygen atoms in total. The topological polar surface area (TPSA) is 40.0 Å². The predicted molar refractivity (Wildman–Crippen MR) is 137 cm³/mol. The largest absolute Gasteiger partial charge is 0.335 e. The Hall–Kier alpha value is -2.96. The van der Waals surface area contributed by atoms with Gasteiger partial charge in [-0.1, -0.05) is 102 Å². The van der Waals surface area contributed by atoms with Gasteiger partial charge in [0.25, 0.3) is 0 Å². The Balaban J connectivity index is 1.24. The molecule has 0 aromatic heterocycles. The first-order valence-corrected chi connectivity index (χ1v) is 12.6. The van der Waals surface area contributed by atoms with Crippen molar-refractivity contribution in [3.05, 3.63) is 113 Å². The molecule has 6 heteroatoms. The van der Waals surface area contributed by atoms with Crippen molar-refractivity contribution in [2.45, 2.75) is 18.6 Å². The van der Waals surface area contributed by atoms with Crippen molar-refractivity contribution < 1.29 is 0 Å². The van der Waals surface area contributed by atoms with Gasteiger partial charge in [-0.15, -0.1) is 0 Å². The van der Waals surface area contributed by atoms with E-state index in [0.29, 0.717) is 0 Å². The second-order valence-electron chi connectivity index (χ2n) is 7.91. The van der Waals surface area contributed by atoms with Crippen LogP contribution in [0.3, 0.4) is 0 Å². The van der Waals surface area contributed by atoms with E-state index in [9.17, 15) is 0 Å². The monoisotopic (exact) mass is 454 g/mol. The van der Waals surface area contributed by atoms with E-state index < -0.39 is 0 Å². The lowest BCUT2D eigenvalue weighted by Crippen LogP contribution is -2.28. The van der Waals surface area contributed by atoms with Gasteiger partial charge in [0.1, 0.15) is 6.04 Å². The fourth-order valence-corrected chi connectivity index (χ4v) is 6.29. The van der Waals surface area contributed by atoms with Gasteiger partial charge in [-0.2, -0.15) is 0 Å². The Morgan fingerprint density at radius 2 is 1.62 bits per heavy atom.